The highest BCUT2D eigenvalue weighted by molar-refractivity contribution is 9.10. The van der Waals surface area contributed by atoms with Crippen LogP contribution in [0.2, 0.25) is 5.02 Å². The normalized spacial score (nSPS) is 12.8. The van der Waals surface area contributed by atoms with Crippen LogP contribution in [0.25, 0.3) is 11.0 Å². The number of fused-ring (bicyclic) bond motifs is 1. The fourth-order valence-corrected chi connectivity index (χ4v) is 3.43. The van der Waals surface area contributed by atoms with Crippen molar-refractivity contribution in [3.8, 4) is 0 Å². The molecule has 1 unspecified atom stereocenters. The van der Waals surface area contributed by atoms with Crippen LogP contribution in [-0.4, -0.2) is 7.05 Å². The fraction of sp³-hybridized carbons (Fsp3) is 0.176. The molecule has 4 heteroatoms. The van der Waals surface area contributed by atoms with E-state index in [0.29, 0.717) is 5.02 Å². The van der Waals surface area contributed by atoms with E-state index in [2.05, 4.69) is 46.4 Å². The number of hydrogen-bond acceptors (Lipinski definition) is 2. The SMILES string of the molecule is CNC(c1cc(Cl)cc(Br)c1)c1cc2cc(C)ccc2o1. The highest BCUT2D eigenvalue weighted by Gasteiger charge is 2.17. The molecule has 1 atom stereocenters. The summed E-state index contributed by atoms with van der Waals surface area (Å²) < 4.78 is 6.95. The summed E-state index contributed by atoms with van der Waals surface area (Å²) in [5.74, 6) is 0.882. The Bertz CT molecular complexity index is 776. The van der Waals surface area contributed by atoms with Crippen LogP contribution in [0.1, 0.15) is 22.9 Å². The number of hydrogen-bond donors (Lipinski definition) is 1. The zero-order valence-corrected chi connectivity index (χ0v) is 14.1. The largest absolute Gasteiger partial charge is 0.459 e. The molecule has 2 nitrogen and oxygen atoms in total. The van der Waals surface area contributed by atoms with Crippen molar-refractivity contribution in [3.63, 3.8) is 0 Å². The molecular formula is C17H15BrClNO. The van der Waals surface area contributed by atoms with E-state index in [1.165, 1.54) is 5.56 Å². The minimum Gasteiger partial charge on any atom is -0.459 e. The van der Waals surface area contributed by atoms with Crippen LogP contribution in [0.4, 0.5) is 0 Å². The van der Waals surface area contributed by atoms with Gasteiger partial charge in [-0.2, -0.15) is 0 Å². The number of halogens is 2. The second-order valence-electron chi connectivity index (χ2n) is 5.11. The molecule has 0 aliphatic heterocycles. The first kappa shape index (κ1) is 14.6. The van der Waals surface area contributed by atoms with E-state index in [0.717, 1.165) is 26.8 Å². The monoisotopic (exact) mass is 363 g/mol. The van der Waals surface area contributed by atoms with E-state index >= 15 is 0 Å². The molecule has 1 N–H and O–H groups in total. The Morgan fingerprint density at radius 3 is 2.67 bits per heavy atom. The lowest BCUT2D eigenvalue weighted by Crippen LogP contribution is -2.16. The molecule has 108 valence electrons. The molecular weight excluding hydrogens is 350 g/mol. The van der Waals surface area contributed by atoms with Crippen LogP contribution in [0, 0.1) is 6.92 Å². The summed E-state index contributed by atoms with van der Waals surface area (Å²) in [4.78, 5) is 0. The van der Waals surface area contributed by atoms with Crippen LogP contribution in [0.15, 0.2) is 51.4 Å². The van der Waals surface area contributed by atoms with Gasteiger partial charge in [0.15, 0.2) is 0 Å². The number of rotatable bonds is 3. The zero-order chi connectivity index (χ0) is 15.0. The molecule has 0 radical (unpaired) electrons. The van der Waals surface area contributed by atoms with Crippen molar-refractivity contribution in [1.29, 1.82) is 0 Å². The maximum Gasteiger partial charge on any atom is 0.134 e. The van der Waals surface area contributed by atoms with E-state index in [1.807, 2.05) is 31.3 Å². The van der Waals surface area contributed by atoms with Gasteiger partial charge in [-0.3, -0.25) is 0 Å². The summed E-state index contributed by atoms with van der Waals surface area (Å²) in [7, 11) is 1.91. The predicted octanol–water partition coefficient (Wildman–Crippen LogP) is 5.47. The quantitative estimate of drug-likeness (QED) is 0.667. The van der Waals surface area contributed by atoms with Crippen LogP contribution in [0.5, 0.6) is 0 Å². The summed E-state index contributed by atoms with van der Waals surface area (Å²) >= 11 is 9.63. The Morgan fingerprint density at radius 1 is 1.14 bits per heavy atom. The van der Waals surface area contributed by atoms with Gasteiger partial charge < -0.3 is 9.73 Å². The number of furan rings is 1. The Hall–Kier alpha value is -1.29. The van der Waals surface area contributed by atoms with Gasteiger partial charge in [0.2, 0.25) is 0 Å². The lowest BCUT2D eigenvalue weighted by molar-refractivity contribution is 0.491. The molecule has 0 spiro atoms. The van der Waals surface area contributed by atoms with Crippen molar-refractivity contribution in [2.75, 3.05) is 7.05 Å². The topological polar surface area (TPSA) is 25.2 Å². The Kier molecular flexibility index (Phi) is 4.07. The lowest BCUT2D eigenvalue weighted by Gasteiger charge is -2.14. The van der Waals surface area contributed by atoms with Gasteiger partial charge in [0.25, 0.3) is 0 Å². The summed E-state index contributed by atoms with van der Waals surface area (Å²) in [5.41, 5.74) is 3.19. The zero-order valence-electron chi connectivity index (χ0n) is 11.8. The molecule has 0 amide bonds. The molecule has 2 aromatic carbocycles. The van der Waals surface area contributed by atoms with Gasteiger partial charge >= 0.3 is 0 Å². The van der Waals surface area contributed by atoms with Gasteiger partial charge in [0, 0.05) is 14.9 Å². The van der Waals surface area contributed by atoms with Gasteiger partial charge in [0.1, 0.15) is 11.3 Å². The van der Waals surface area contributed by atoms with Gasteiger partial charge in [-0.05, 0) is 55.9 Å². The Labute approximate surface area is 137 Å². The van der Waals surface area contributed by atoms with Crippen molar-refractivity contribution in [2.24, 2.45) is 0 Å². The van der Waals surface area contributed by atoms with Crippen LogP contribution in [0.3, 0.4) is 0 Å². The van der Waals surface area contributed by atoms with Gasteiger partial charge in [-0.15, -0.1) is 0 Å². The highest BCUT2D eigenvalue weighted by atomic mass is 79.9. The lowest BCUT2D eigenvalue weighted by atomic mass is 10.0. The maximum atomic E-state index is 6.15. The van der Waals surface area contributed by atoms with E-state index in [-0.39, 0.29) is 6.04 Å². The molecule has 3 aromatic rings. The summed E-state index contributed by atoms with van der Waals surface area (Å²) in [6.07, 6.45) is 0. The molecule has 21 heavy (non-hydrogen) atoms. The third kappa shape index (κ3) is 3.00. The number of nitrogens with one attached hydrogen (secondary N) is 1. The van der Waals surface area contributed by atoms with Crippen LogP contribution in [-0.2, 0) is 0 Å². The minimum absolute atomic E-state index is 0.0345. The third-order valence-corrected chi connectivity index (χ3v) is 4.16. The number of aryl methyl sites for hydroxylation is 1. The average Bonchev–Trinajstić information content (AvgIpc) is 2.81. The summed E-state index contributed by atoms with van der Waals surface area (Å²) in [6, 6.07) is 14.1. The second kappa shape index (κ2) is 5.84. The first-order valence-corrected chi connectivity index (χ1v) is 7.87. The standard InChI is InChI=1S/C17H15BrClNO/c1-10-3-4-15-11(5-10)8-16(21-15)17(20-2)12-6-13(18)9-14(19)7-12/h3-9,17,20H,1-2H3. The van der Waals surface area contributed by atoms with Gasteiger partial charge in [0.05, 0.1) is 6.04 Å². The summed E-state index contributed by atoms with van der Waals surface area (Å²) in [6.45, 7) is 2.08. The van der Waals surface area contributed by atoms with Crippen LogP contribution >= 0.6 is 27.5 Å². The van der Waals surface area contributed by atoms with E-state index in [9.17, 15) is 0 Å². The molecule has 0 bridgehead atoms. The van der Waals surface area contributed by atoms with Crippen molar-refractivity contribution in [1.82, 2.24) is 5.32 Å². The van der Waals surface area contributed by atoms with Gasteiger partial charge in [-0.25, -0.2) is 0 Å². The molecule has 0 aliphatic rings. The molecule has 0 saturated carbocycles. The van der Waals surface area contributed by atoms with Gasteiger partial charge in [-0.1, -0.05) is 39.2 Å². The Balaban J connectivity index is 2.08. The smallest absolute Gasteiger partial charge is 0.134 e. The van der Waals surface area contributed by atoms with E-state index < -0.39 is 0 Å². The molecule has 1 aromatic heterocycles. The molecule has 0 fully saturated rings. The molecule has 0 saturated heterocycles. The van der Waals surface area contributed by atoms with Crippen molar-refractivity contribution >= 4 is 38.5 Å². The van der Waals surface area contributed by atoms with Crippen molar-refractivity contribution in [3.05, 3.63) is 68.8 Å². The van der Waals surface area contributed by atoms with E-state index in [1.54, 1.807) is 0 Å². The predicted molar refractivity (Wildman–Crippen MR) is 91.0 cm³/mol. The maximum absolute atomic E-state index is 6.15. The fourth-order valence-electron chi connectivity index (χ4n) is 2.54. The molecule has 1 heterocycles. The molecule has 0 aliphatic carbocycles. The minimum atomic E-state index is -0.0345. The molecule has 3 rings (SSSR count). The first-order chi connectivity index (χ1) is 10.1. The third-order valence-electron chi connectivity index (χ3n) is 3.48. The van der Waals surface area contributed by atoms with E-state index in [4.69, 9.17) is 16.0 Å². The second-order valence-corrected chi connectivity index (χ2v) is 6.47. The van der Waals surface area contributed by atoms with Crippen molar-refractivity contribution in [2.45, 2.75) is 13.0 Å². The number of benzene rings is 2. The first-order valence-electron chi connectivity index (χ1n) is 6.70. The highest BCUT2D eigenvalue weighted by Crippen LogP contribution is 2.31. The Morgan fingerprint density at radius 2 is 1.95 bits per heavy atom. The van der Waals surface area contributed by atoms with Crippen molar-refractivity contribution < 1.29 is 4.42 Å². The average molecular weight is 365 g/mol. The summed E-state index contributed by atoms with van der Waals surface area (Å²) in [5, 5.41) is 5.11. The van der Waals surface area contributed by atoms with Crippen LogP contribution < -0.4 is 5.32 Å².